The fourth-order valence-electron chi connectivity index (χ4n) is 2.06. The van der Waals surface area contributed by atoms with Crippen molar-refractivity contribution < 1.29 is 9.47 Å². The smallest absolute Gasteiger partial charge is 0.161 e. The van der Waals surface area contributed by atoms with Gasteiger partial charge in [0.05, 0.1) is 14.2 Å². The second-order valence-electron chi connectivity index (χ2n) is 4.98. The van der Waals surface area contributed by atoms with Gasteiger partial charge < -0.3 is 14.8 Å². The van der Waals surface area contributed by atoms with Gasteiger partial charge in [-0.3, -0.25) is 0 Å². The lowest BCUT2D eigenvalue weighted by Gasteiger charge is -2.14. The third kappa shape index (κ3) is 2.95. The predicted octanol–water partition coefficient (Wildman–Crippen LogP) is 3.71. The van der Waals surface area contributed by atoms with E-state index in [9.17, 15) is 0 Å². The van der Waals surface area contributed by atoms with Crippen LogP contribution in [-0.2, 0) is 0 Å². The second-order valence-corrected chi connectivity index (χ2v) is 4.98. The van der Waals surface area contributed by atoms with Crippen molar-refractivity contribution in [2.45, 2.75) is 20.3 Å². The number of nitrogens with zero attached hydrogens (tertiary/aromatic N) is 1. The molecule has 1 N–H and O–H groups in total. The molecular weight excluding hydrogens is 252 g/mol. The molecule has 1 heterocycles. The van der Waals surface area contributed by atoms with Gasteiger partial charge in [-0.25, -0.2) is 4.98 Å². The maximum atomic E-state index is 5.37. The minimum absolute atomic E-state index is 0.618. The van der Waals surface area contributed by atoms with Gasteiger partial charge in [-0.1, -0.05) is 20.3 Å². The first-order valence-electron chi connectivity index (χ1n) is 6.94. The van der Waals surface area contributed by atoms with Crippen LogP contribution in [0.1, 0.15) is 20.3 Å². The number of pyridine rings is 1. The monoisotopic (exact) mass is 274 g/mol. The molecule has 4 heteroatoms. The van der Waals surface area contributed by atoms with Crippen LogP contribution in [0.25, 0.3) is 10.8 Å². The van der Waals surface area contributed by atoms with E-state index in [-0.39, 0.29) is 0 Å². The summed E-state index contributed by atoms with van der Waals surface area (Å²) in [6, 6.07) is 5.93. The highest BCUT2D eigenvalue weighted by atomic mass is 16.5. The van der Waals surface area contributed by atoms with Gasteiger partial charge in [0, 0.05) is 18.1 Å². The van der Waals surface area contributed by atoms with Gasteiger partial charge in [-0.15, -0.1) is 0 Å². The summed E-state index contributed by atoms with van der Waals surface area (Å²) in [4.78, 5) is 4.44. The highest BCUT2D eigenvalue weighted by Crippen LogP contribution is 2.34. The van der Waals surface area contributed by atoms with Crippen molar-refractivity contribution in [3.8, 4) is 11.5 Å². The Kier molecular flexibility index (Phi) is 4.66. The van der Waals surface area contributed by atoms with Crippen molar-refractivity contribution >= 4 is 16.6 Å². The van der Waals surface area contributed by atoms with Gasteiger partial charge >= 0.3 is 0 Å². The fourth-order valence-corrected chi connectivity index (χ4v) is 2.06. The molecule has 1 atom stereocenters. The van der Waals surface area contributed by atoms with E-state index in [4.69, 9.17) is 9.47 Å². The first kappa shape index (κ1) is 14.4. The Morgan fingerprint density at radius 2 is 1.90 bits per heavy atom. The van der Waals surface area contributed by atoms with Gasteiger partial charge in [-0.2, -0.15) is 0 Å². The van der Waals surface area contributed by atoms with E-state index in [1.165, 1.54) is 0 Å². The van der Waals surface area contributed by atoms with E-state index in [0.717, 1.165) is 41.1 Å². The van der Waals surface area contributed by atoms with E-state index in [1.54, 1.807) is 14.2 Å². The molecule has 1 unspecified atom stereocenters. The van der Waals surface area contributed by atoms with Crippen molar-refractivity contribution in [3.63, 3.8) is 0 Å². The van der Waals surface area contributed by atoms with Crippen molar-refractivity contribution in [1.82, 2.24) is 4.98 Å². The Morgan fingerprint density at radius 1 is 1.20 bits per heavy atom. The summed E-state index contributed by atoms with van der Waals surface area (Å²) < 4.78 is 10.7. The van der Waals surface area contributed by atoms with Crippen LogP contribution in [-0.4, -0.2) is 25.7 Å². The molecule has 0 radical (unpaired) electrons. The number of rotatable bonds is 6. The highest BCUT2D eigenvalue weighted by molar-refractivity contribution is 5.94. The predicted molar refractivity (Wildman–Crippen MR) is 82.8 cm³/mol. The van der Waals surface area contributed by atoms with Gasteiger partial charge in [-0.05, 0) is 29.5 Å². The SMILES string of the molecule is CCC(C)CNc1nccc2cc(OC)c(OC)cc12. The number of hydrogen-bond donors (Lipinski definition) is 1. The van der Waals surface area contributed by atoms with E-state index in [1.807, 2.05) is 24.4 Å². The zero-order chi connectivity index (χ0) is 14.5. The average molecular weight is 274 g/mol. The summed E-state index contributed by atoms with van der Waals surface area (Å²) in [7, 11) is 3.29. The maximum Gasteiger partial charge on any atom is 0.161 e. The van der Waals surface area contributed by atoms with Crippen LogP contribution in [0, 0.1) is 5.92 Å². The van der Waals surface area contributed by atoms with Crippen molar-refractivity contribution in [1.29, 1.82) is 0 Å². The second kappa shape index (κ2) is 6.46. The van der Waals surface area contributed by atoms with Crippen LogP contribution in [0.4, 0.5) is 5.82 Å². The van der Waals surface area contributed by atoms with Gasteiger partial charge in [0.2, 0.25) is 0 Å². The van der Waals surface area contributed by atoms with Crippen molar-refractivity contribution in [2.24, 2.45) is 5.92 Å². The van der Waals surface area contributed by atoms with Gasteiger partial charge in [0.1, 0.15) is 5.82 Å². The molecule has 0 saturated heterocycles. The maximum absolute atomic E-state index is 5.37. The topological polar surface area (TPSA) is 43.4 Å². The molecule has 0 saturated carbocycles. The fraction of sp³-hybridized carbons (Fsp3) is 0.438. The van der Waals surface area contributed by atoms with Gasteiger partial charge in [0.25, 0.3) is 0 Å². The van der Waals surface area contributed by atoms with Crippen LogP contribution in [0.3, 0.4) is 0 Å². The largest absolute Gasteiger partial charge is 0.493 e. The lowest BCUT2D eigenvalue weighted by Crippen LogP contribution is -2.11. The molecule has 0 aliphatic rings. The molecule has 1 aromatic heterocycles. The van der Waals surface area contributed by atoms with Crippen LogP contribution >= 0.6 is 0 Å². The average Bonchev–Trinajstić information content (AvgIpc) is 2.50. The number of nitrogens with one attached hydrogen (secondary N) is 1. The standard InChI is InChI=1S/C16H22N2O2/c1-5-11(2)10-18-16-13-9-15(20-4)14(19-3)8-12(13)6-7-17-16/h6-9,11H,5,10H2,1-4H3,(H,17,18). The zero-order valence-corrected chi connectivity index (χ0v) is 12.6. The normalized spacial score (nSPS) is 12.2. The quantitative estimate of drug-likeness (QED) is 0.872. The Morgan fingerprint density at radius 3 is 2.55 bits per heavy atom. The first-order chi connectivity index (χ1) is 9.69. The number of aromatic nitrogens is 1. The number of methoxy groups -OCH3 is 2. The third-order valence-electron chi connectivity index (χ3n) is 3.58. The number of ether oxygens (including phenoxy) is 2. The van der Waals surface area contributed by atoms with Gasteiger partial charge in [0.15, 0.2) is 11.5 Å². The lowest BCUT2D eigenvalue weighted by molar-refractivity contribution is 0.356. The number of fused-ring (bicyclic) bond motifs is 1. The Labute approximate surface area is 120 Å². The molecular formula is C16H22N2O2. The number of benzene rings is 1. The molecule has 1 aromatic carbocycles. The molecule has 0 amide bonds. The molecule has 4 nitrogen and oxygen atoms in total. The molecule has 0 spiro atoms. The van der Waals surface area contributed by atoms with Crippen LogP contribution in [0.2, 0.25) is 0 Å². The summed E-state index contributed by atoms with van der Waals surface area (Å²) in [6.07, 6.45) is 2.96. The molecule has 20 heavy (non-hydrogen) atoms. The zero-order valence-electron chi connectivity index (χ0n) is 12.6. The van der Waals surface area contributed by atoms with E-state index < -0.39 is 0 Å². The van der Waals surface area contributed by atoms with Crippen molar-refractivity contribution in [3.05, 3.63) is 24.4 Å². The minimum Gasteiger partial charge on any atom is -0.493 e. The van der Waals surface area contributed by atoms with E-state index in [0.29, 0.717) is 5.92 Å². The molecule has 0 bridgehead atoms. The number of anilines is 1. The Hall–Kier alpha value is -1.97. The summed E-state index contributed by atoms with van der Waals surface area (Å²) >= 11 is 0. The van der Waals surface area contributed by atoms with Crippen LogP contribution in [0.5, 0.6) is 11.5 Å². The lowest BCUT2D eigenvalue weighted by atomic mass is 10.1. The summed E-state index contributed by atoms with van der Waals surface area (Å²) in [6.45, 7) is 5.33. The third-order valence-corrected chi connectivity index (χ3v) is 3.58. The molecule has 2 rings (SSSR count). The Bertz CT molecular complexity index is 584. The van der Waals surface area contributed by atoms with E-state index >= 15 is 0 Å². The molecule has 0 aliphatic heterocycles. The molecule has 0 aliphatic carbocycles. The minimum atomic E-state index is 0.618. The van der Waals surface area contributed by atoms with E-state index in [2.05, 4.69) is 24.1 Å². The molecule has 2 aromatic rings. The van der Waals surface area contributed by atoms with Crippen LogP contribution in [0.15, 0.2) is 24.4 Å². The van der Waals surface area contributed by atoms with Crippen LogP contribution < -0.4 is 14.8 Å². The first-order valence-corrected chi connectivity index (χ1v) is 6.94. The number of hydrogen-bond acceptors (Lipinski definition) is 4. The van der Waals surface area contributed by atoms with Crippen molar-refractivity contribution in [2.75, 3.05) is 26.1 Å². The summed E-state index contributed by atoms with van der Waals surface area (Å²) in [5.74, 6) is 2.97. The summed E-state index contributed by atoms with van der Waals surface area (Å²) in [5.41, 5.74) is 0. The highest BCUT2D eigenvalue weighted by Gasteiger charge is 2.10. The summed E-state index contributed by atoms with van der Waals surface area (Å²) in [5, 5.41) is 5.56. The molecule has 0 fully saturated rings. The Balaban J connectivity index is 2.40. The molecule has 108 valence electrons.